The van der Waals surface area contributed by atoms with Crippen LogP contribution < -0.4 is 0 Å². The minimum atomic E-state index is -0.584. The second-order valence-electron chi connectivity index (χ2n) is 8.13. The summed E-state index contributed by atoms with van der Waals surface area (Å²) in [6, 6.07) is 0. The van der Waals surface area contributed by atoms with E-state index in [1.54, 1.807) is 7.11 Å². The molecule has 1 aliphatic carbocycles. The fourth-order valence-electron chi connectivity index (χ4n) is 5.62. The number of esters is 1. The highest BCUT2D eigenvalue weighted by Gasteiger charge is 2.71. The van der Waals surface area contributed by atoms with Gasteiger partial charge in [-0.15, -0.1) is 0 Å². The molecular weight excluding hydrogens is 296 g/mol. The highest BCUT2D eigenvalue weighted by Crippen LogP contribution is 2.62. The molecule has 2 bridgehead atoms. The first-order valence-electron chi connectivity index (χ1n) is 8.83. The normalized spacial score (nSPS) is 48.6. The second kappa shape index (κ2) is 5.71. The average molecular weight is 326 g/mol. The first-order valence-corrected chi connectivity index (χ1v) is 8.83. The molecule has 0 amide bonds. The Bertz CT molecular complexity index is 478. The van der Waals surface area contributed by atoms with Crippen LogP contribution in [0.1, 0.15) is 47.0 Å². The van der Waals surface area contributed by atoms with Crippen LogP contribution in [0.5, 0.6) is 0 Å². The predicted molar refractivity (Wildman–Crippen MR) is 84.8 cm³/mol. The molecule has 0 spiro atoms. The van der Waals surface area contributed by atoms with Gasteiger partial charge in [0.15, 0.2) is 0 Å². The largest absolute Gasteiger partial charge is 0.457 e. The van der Waals surface area contributed by atoms with Gasteiger partial charge < -0.3 is 19.3 Å². The van der Waals surface area contributed by atoms with Crippen LogP contribution in [0, 0.1) is 23.7 Å². The van der Waals surface area contributed by atoms with Crippen LogP contribution >= 0.6 is 0 Å². The highest BCUT2D eigenvalue weighted by atomic mass is 16.6. The number of hydrogen-bond acceptors (Lipinski definition) is 5. The van der Waals surface area contributed by atoms with Crippen molar-refractivity contribution in [2.75, 3.05) is 13.7 Å². The molecular formula is C18H30O5. The lowest BCUT2D eigenvalue weighted by atomic mass is 9.69. The van der Waals surface area contributed by atoms with E-state index >= 15 is 0 Å². The minimum absolute atomic E-state index is 0.0240. The van der Waals surface area contributed by atoms with Crippen LogP contribution in [0.25, 0.3) is 0 Å². The maximum Gasteiger partial charge on any atom is 0.332 e. The summed E-state index contributed by atoms with van der Waals surface area (Å²) < 4.78 is 18.3. The van der Waals surface area contributed by atoms with E-state index in [2.05, 4.69) is 27.7 Å². The number of hydrogen-bond donors (Lipinski definition) is 1. The van der Waals surface area contributed by atoms with Gasteiger partial charge in [-0.05, 0) is 43.4 Å². The van der Waals surface area contributed by atoms with Crippen molar-refractivity contribution in [3.05, 3.63) is 0 Å². The maximum atomic E-state index is 11.7. The standard InChI is InChI=1S/C18H30O5/c1-10(2)18-8-13(22-14(20)9-19)17(4,23-18)12-7-6-11(3)15(12)16(18)21-5/h10-13,15-16,19H,6-9H2,1-5H3. The van der Waals surface area contributed by atoms with E-state index < -0.39 is 23.8 Å². The molecule has 0 aromatic rings. The molecule has 0 aromatic carbocycles. The molecule has 0 aromatic heterocycles. The summed E-state index contributed by atoms with van der Waals surface area (Å²) in [5.41, 5.74) is -0.913. The van der Waals surface area contributed by atoms with Crippen molar-refractivity contribution in [3.63, 3.8) is 0 Å². The molecule has 3 fully saturated rings. The van der Waals surface area contributed by atoms with Gasteiger partial charge in [-0.2, -0.15) is 0 Å². The van der Waals surface area contributed by atoms with Gasteiger partial charge >= 0.3 is 5.97 Å². The third-order valence-corrected chi connectivity index (χ3v) is 6.81. The van der Waals surface area contributed by atoms with Crippen LogP contribution in [0.4, 0.5) is 0 Å². The Morgan fingerprint density at radius 3 is 2.65 bits per heavy atom. The van der Waals surface area contributed by atoms with Gasteiger partial charge in [0.05, 0.1) is 6.10 Å². The van der Waals surface area contributed by atoms with Gasteiger partial charge in [-0.1, -0.05) is 20.8 Å². The van der Waals surface area contributed by atoms with Crippen molar-refractivity contribution in [3.8, 4) is 0 Å². The fourth-order valence-corrected chi connectivity index (χ4v) is 5.62. The minimum Gasteiger partial charge on any atom is -0.457 e. The molecule has 5 nitrogen and oxygen atoms in total. The first kappa shape index (κ1) is 17.2. The molecule has 0 radical (unpaired) electrons. The second-order valence-corrected chi connectivity index (χ2v) is 8.13. The zero-order chi connectivity index (χ0) is 17.0. The monoisotopic (exact) mass is 326 g/mol. The fraction of sp³-hybridized carbons (Fsp3) is 0.944. The summed E-state index contributed by atoms with van der Waals surface area (Å²) in [4.78, 5) is 11.7. The molecule has 7 atom stereocenters. The lowest BCUT2D eigenvalue weighted by Gasteiger charge is -2.53. The van der Waals surface area contributed by atoms with E-state index in [9.17, 15) is 4.79 Å². The van der Waals surface area contributed by atoms with E-state index in [4.69, 9.17) is 19.3 Å². The summed E-state index contributed by atoms with van der Waals surface area (Å²) in [5.74, 6) is 1.03. The Labute approximate surface area is 138 Å². The third kappa shape index (κ3) is 2.27. The molecule has 7 unspecified atom stereocenters. The van der Waals surface area contributed by atoms with Gasteiger partial charge in [0.1, 0.15) is 23.9 Å². The Kier molecular flexibility index (Phi) is 4.27. The summed E-state index contributed by atoms with van der Waals surface area (Å²) in [6.07, 6.45) is 2.58. The van der Waals surface area contributed by atoms with Crippen LogP contribution in [0.3, 0.4) is 0 Å². The molecule has 2 saturated heterocycles. The predicted octanol–water partition coefficient (Wildman–Crippen LogP) is 2.16. The Balaban J connectivity index is 2.03. The lowest BCUT2D eigenvalue weighted by molar-refractivity contribution is -0.265. The topological polar surface area (TPSA) is 65.0 Å². The number of carbonyl (C=O) groups is 1. The smallest absolute Gasteiger partial charge is 0.332 e. The zero-order valence-electron chi connectivity index (χ0n) is 14.9. The number of rotatable bonds is 4. The highest BCUT2D eigenvalue weighted by molar-refractivity contribution is 5.70. The molecule has 3 aliphatic rings. The summed E-state index contributed by atoms with van der Waals surface area (Å²) in [6.45, 7) is 8.12. The van der Waals surface area contributed by atoms with E-state index in [0.29, 0.717) is 24.2 Å². The van der Waals surface area contributed by atoms with E-state index in [1.165, 1.54) is 0 Å². The maximum absolute atomic E-state index is 11.7. The van der Waals surface area contributed by atoms with Gasteiger partial charge in [0, 0.05) is 13.5 Å². The quantitative estimate of drug-likeness (QED) is 0.802. The van der Waals surface area contributed by atoms with Crippen molar-refractivity contribution in [2.24, 2.45) is 23.7 Å². The number of aliphatic hydroxyl groups excluding tert-OH is 1. The van der Waals surface area contributed by atoms with E-state index in [-0.39, 0.29) is 18.1 Å². The number of aliphatic hydroxyl groups is 1. The van der Waals surface area contributed by atoms with Crippen molar-refractivity contribution < 1.29 is 24.1 Å². The Morgan fingerprint density at radius 1 is 1.39 bits per heavy atom. The van der Waals surface area contributed by atoms with Crippen LogP contribution in [0.2, 0.25) is 0 Å². The van der Waals surface area contributed by atoms with E-state index in [0.717, 1.165) is 12.8 Å². The molecule has 132 valence electrons. The first-order chi connectivity index (χ1) is 10.8. The molecule has 3 rings (SSSR count). The number of fused-ring (bicyclic) bond motifs is 4. The van der Waals surface area contributed by atoms with Gasteiger partial charge in [-0.25, -0.2) is 4.79 Å². The molecule has 23 heavy (non-hydrogen) atoms. The van der Waals surface area contributed by atoms with Crippen LogP contribution in [0.15, 0.2) is 0 Å². The summed E-state index contributed by atoms with van der Waals surface area (Å²) in [7, 11) is 1.77. The molecule has 2 aliphatic heterocycles. The van der Waals surface area contributed by atoms with Crippen molar-refractivity contribution in [1.82, 2.24) is 0 Å². The number of carbonyl (C=O) groups excluding carboxylic acids is 1. The Morgan fingerprint density at radius 2 is 2.09 bits per heavy atom. The average Bonchev–Trinajstić information content (AvgIpc) is 3.00. The molecule has 1 saturated carbocycles. The summed E-state index contributed by atoms with van der Waals surface area (Å²) in [5, 5.41) is 9.08. The third-order valence-electron chi connectivity index (χ3n) is 6.81. The Hall–Kier alpha value is -0.650. The van der Waals surface area contributed by atoms with Gasteiger partial charge in [0.25, 0.3) is 0 Å². The zero-order valence-corrected chi connectivity index (χ0v) is 14.9. The van der Waals surface area contributed by atoms with Gasteiger partial charge in [0.2, 0.25) is 0 Å². The van der Waals surface area contributed by atoms with Crippen molar-refractivity contribution in [2.45, 2.75) is 70.4 Å². The van der Waals surface area contributed by atoms with Crippen molar-refractivity contribution in [1.29, 1.82) is 0 Å². The lowest BCUT2D eigenvalue weighted by Crippen LogP contribution is -2.61. The SMILES string of the molecule is COC1C2C(C)CCC2C2(C)OC1(C(C)C)CC2OC(=O)CO. The van der Waals surface area contributed by atoms with Crippen LogP contribution in [-0.4, -0.2) is 48.2 Å². The molecule has 2 heterocycles. The number of methoxy groups -OCH3 is 1. The molecule has 5 heteroatoms. The molecule has 1 N–H and O–H groups in total. The number of ether oxygens (including phenoxy) is 3. The van der Waals surface area contributed by atoms with E-state index in [1.807, 2.05) is 0 Å². The summed E-state index contributed by atoms with van der Waals surface area (Å²) >= 11 is 0. The van der Waals surface area contributed by atoms with Crippen molar-refractivity contribution >= 4 is 5.97 Å². The van der Waals surface area contributed by atoms with Gasteiger partial charge in [-0.3, -0.25) is 0 Å². The van der Waals surface area contributed by atoms with Crippen LogP contribution in [-0.2, 0) is 19.0 Å².